The number of carbonyl (C=O) groups excluding carboxylic acids is 1. The number of benzene rings is 1. The predicted molar refractivity (Wildman–Crippen MR) is 70.9 cm³/mol. The Morgan fingerprint density at radius 1 is 1.35 bits per heavy atom. The van der Waals surface area contributed by atoms with Crippen molar-refractivity contribution in [2.24, 2.45) is 5.73 Å². The molecule has 1 aromatic rings. The number of nitrogens with two attached hydrogens (primary N) is 1. The van der Waals surface area contributed by atoms with Crippen LogP contribution in [0.2, 0.25) is 0 Å². The zero-order chi connectivity index (χ0) is 15.2. The largest absolute Gasteiger partial charge is 0.416 e. The lowest BCUT2D eigenvalue weighted by Gasteiger charge is -2.16. The fourth-order valence-corrected chi connectivity index (χ4v) is 1.84. The molecule has 0 radical (unpaired) electrons. The fraction of sp³-hybridized carbons (Fsp3) is 0.500. The fourth-order valence-electron chi connectivity index (χ4n) is 1.84. The number of amides is 1. The van der Waals surface area contributed by atoms with E-state index in [4.69, 9.17) is 5.73 Å². The average Bonchev–Trinajstić information content (AvgIpc) is 2.37. The SMILES string of the molecule is CC(NCCCCC(N)=O)c1cccc(C(F)(F)F)c1. The Morgan fingerprint density at radius 2 is 2.05 bits per heavy atom. The van der Waals surface area contributed by atoms with E-state index in [9.17, 15) is 18.0 Å². The molecule has 0 saturated carbocycles. The lowest BCUT2D eigenvalue weighted by atomic mass is 10.0. The van der Waals surface area contributed by atoms with Crippen LogP contribution >= 0.6 is 0 Å². The van der Waals surface area contributed by atoms with Crippen LogP contribution in [0.1, 0.15) is 43.4 Å². The van der Waals surface area contributed by atoms with E-state index >= 15 is 0 Å². The monoisotopic (exact) mass is 288 g/mol. The Morgan fingerprint density at radius 3 is 2.65 bits per heavy atom. The molecule has 0 heterocycles. The lowest BCUT2D eigenvalue weighted by Crippen LogP contribution is -2.21. The van der Waals surface area contributed by atoms with E-state index in [1.807, 2.05) is 6.92 Å². The third kappa shape index (κ3) is 5.61. The molecule has 0 bridgehead atoms. The molecular weight excluding hydrogens is 269 g/mol. The Bertz CT molecular complexity index is 446. The van der Waals surface area contributed by atoms with Crippen molar-refractivity contribution < 1.29 is 18.0 Å². The summed E-state index contributed by atoms with van der Waals surface area (Å²) in [5.74, 6) is -0.337. The molecule has 0 aromatic heterocycles. The van der Waals surface area contributed by atoms with E-state index in [0.29, 0.717) is 24.9 Å². The minimum atomic E-state index is -4.32. The Labute approximate surface area is 116 Å². The first-order valence-corrected chi connectivity index (χ1v) is 6.49. The van der Waals surface area contributed by atoms with E-state index in [2.05, 4.69) is 5.32 Å². The van der Waals surface area contributed by atoms with Gasteiger partial charge in [-0.25, -0.2) is 0 Å². The van der Waals surface area contributed by atoms with Crippen molar-refractivity contribution in [2.75, 3.05) is 6.54 Å². The number of halogens is 3. The standard InChI is InChI=1S/C14H19F3N2O/c1-10(19-8-3-2-7-13(18)20)11-5-4-6-12(9-11)14(15,16)17/h4-6,9-10,19H,2-3,7-8H2,1H3,(H2,18,20). The van der Waals surface area contributed by atoms with Gasteiger partial charge in [0.05, 0.1) is 5.56 Å². The smallest absolute Gasteiger partial charge is 0.370 e. The van der Waals surface area contributed by atoms with Crippen molar-refractivity contribution in [3.05, 3.63) is 35.4 Å². The van der Waals surface area contributed by atoms with Crippen molar-refractivity contribution in [2.45, 2.75) is 38.4 Å². The first kappa shape index (κ1) is 16.5. The molecule has 1 aromatic carbocycles. The molecule has 1 atom stereocenters. The first-order chi connectivity index (χ1) is 9.30. The van der Waals surface area contributed by atoms with Crippen LogP contribution in [0.5, 0.6) is 0 Å². The molecule has 0 fully saturated rings. The Hall–Kier alpha value is -1.56. The minimum absolute atomic E-state index is 0.175. The summed E-state index contributed by atoms with van der Waals surface area (Å²) in [5.41, 5.74) is 4.97. The highest BCUT2D eigenvalue weighted by atomic mass is 19.4. The summed E-state index contributed by atoms with van der Waals surface area (Å²) < 4.78 is 37.8. The highest BCUT2D eigenvalue weighted by Crippen LogP contribution is 2.30. The number of primary amides is 1. The maximum absolute atomic E-state index is 12.6. The zero-order valence-corrected chi connectivity index (χ0v) is 11.3. The van der Waals surface area contributed by atoms with Gasteiger partial charge >= 0.3 is 6.18 Å². The number of hydrogen-bond acceptors (Lipinski definition) is 2. The number of rotatable bonds is 7. The molecule has 1 amide bonds. The molecule has 112 valence electrons. The summed E-state index contributed by atoms with van der Waals surface area (Å²) >= 11 is 0. The summed E-state index contributed by atoms with van der Waals surface area (Å²) in [6, 6.07) is 5.11. The van der Waals surface area contributed by atoms with E-state index in [0.717, 1.165) is 18.6 Å². The maximum atomic E-state index is 12.6. The quantitative estimate of drug-likeness (QED) is 0.758. The summed E-state index contributed by atoms with van der Waals surface area (Å²) in [6.45, 7) is 2.44. The van der Waals surface area contributed by atoms with Crippen molar-refractivity contribution in [1.82, 2.24) is 5.32 Å². The lowest BCUT2D eigenvalue weighted by molar-refractivity contribution is -0.137. The van der Waals surface area contributed by atoms with Crippen molar-refractivity contribution in [1.29, 1.82) is 0 Å². The van der Waals surface area contributed by atoms with Gasteiger partial charge < -0.3 is 11.1 Å². The predicted octanol–water partition coefficient (Wildman–Crippen LogP) is 3.01. The maximum Gasteiger partial charge on any atom is 0.416 e. The highest BCUT2D eigenvalue weighted by Gasteiger charge is 2.30. The molecule has 20 heavy (non-hydrogen) atoms. The second-order valence-electron chi connectivity index (χ2n) is 4.72. The van der Waals surface area contributed by atoms with Crippen molar-refractivity contribution in [3.8, 4) is 0 Å². The molecule has 3 N–H and O–H groups in total. The van der Waals surface area contributed by atoms with Gasteiger partial charge in [0, 0.05) is 12.5 Å². The molecule has 3 nitrogen and oxygen atoms in total. The molecule has 1 rings (SSSR count). The summed E-state index contributed by atoms with van der Waals surface area (Å²) in [6.07, 6.45) is -2.55. The van der Waals surface area contributed by atoms with E-state index in [1.54, 1.807) is 6.07 Å². The number of nitrogens with one attached hydrogen (secondary N) is 1. The van der Waals surface area contributed by atoms with Crippen molar-refractivity contribution in [3.63, 3.8) is 0 Å². The number of hydrogen-bond donors (Lipinski definition) is 2. The van der Waals surface area contributed by atoms with Crippen LogP contribution in [-0.4, -0.2) is 12.5 Å². The van der Waals surface area contributed by atoms with Gasteiger partial charge in [-0.15, -0.1) is 0 Å². The van der Waals surface area contributed by atoms with Gasteiger partial charge in [-0.1, -0.05) is 12.1 Å². The molecule has 0 aliphatic carbocycles. The van der Waals surface area contributed by atoms with Gasteiger partial charge in [0.15, 0.2) is 0 Å². The van der Waals surface area contributed by atoms with E-state index in [-0.39, 0.29) is 11.9 Å². The van der Waals surface area contributed by atoms with Gasteiger partial charge in [-0.3, -0.25) is 4.79 Å². The molecule has 0 spiro atoms. The summed E-state index contributed by atoms with van der Waals surface area (Å²) in [7, 11) is 0. The summed E-state index contributed by atoms with van der Waals surface area (Å²) in [4.78, 5) is 10.5. The molecule has 0 aliphatic heterocycles. The van der Waals surface area contributed by atoms with E-state index < -0.39 is 11.7 Å². The third-order valence-electron chi connectivity index (χ3n) is 3.01. The molecular formula is C14H19F3N2O. The zero-order valence-electron chi connectivity index (χ0n) is 11.3. The van der Waals surface area contributed by atoms with Gasteiger partial charge in [-0.05, 0) is 44.0 Å². The van der Waals surface area contributed by atoms with Gasteiger partial charge in [0.25, 0.3) is 0 Å². The number of carbonyl (C=O) groups is 1. The van der Waals surface area contributed by atoms with Crippen LogP contribution < -0.4 is 11.1 Å². The van der Waals surface area contributed by atoms with E-state index in [1.165, 1.54) is 6.07 Å². The van der Waals surface area contributed by atoms with Crippen LogP contribution in [0.15, 0.2) is 24.3 Å². The first-order valence-electron chi connectivity index (χ1n) is 6.49. The van der Waals surface area contributed by atoms with Crippen LogP contribution in [0, 0.1) is 0 Å². The van der Waals surface area contributed by atoms with Gasteiger partial charge in [-0.2, -0.15) is 13.2 Å². The minimum Gasteiger partial charge on any atom is -0.370 e. The van der Waals surface area contributed by atoms with Crippen LogP contribution in [0.3, 0.4) is 0 Å². The molecule has 6 heteroatoms. The van der Waals surface area contributed by atoms with Crippen LogP contribution in [0.25, 0.3) is 0 Å². The molecule has 0 saturated heterocycles. The van der Waals surface area contributed by atoms with Gasteiger partial charge in [0.1, 0.15) is 0 Å². The van der Waals surface area contributed by atoms with Crippen LogP contribution in [-0.2, 0) is 11.0 Å². The third-order valence-corrected chi connectivity index (χ3v) is 3.01. The van der Waals surface area contributed by atoms with Gasteiger partial charge in [0.2, 0.25) is 5.91 Å². The highest BCUT2D eigenvalue weighted by molar-refractivity contribution is 5.73. The van der Waals surface area contributed by atoms with Crippen LogP contribution in [0.4, 0.5) is 13.2 Å². The topological polar surface area (TPSA) is 55.1 Å². The number of unbranched alkanes of at least 4 members (excludes halogenated alkanes) is 1. The Kier molecular flexibility index (Phi) is 6.01. The number of alkyl halides is 3. The second kappa shape index (κ2) is 7.28. The Balaban J connectivity index is 2.47. The van der Waals surface area contributed by atoms with Crippen molar-refractivity contribution >= 4 is 5.91 Å². The molecule has 1 unspecified atom stereocenters. The molecule has 0 aliphatic rings. The summed E-state index contributed by atoms with van der Waals surface area (Å²) in [5, 5.41) is 3.13. The average molecular weight is 288 g/mol. The second-order valence-corrected chi connectivity index (χ2v) is 4.72. The normalized spacial score (nSPS) is 13.2.